The quantitative estimate of drug-likeness (QED) is 0.867. The number of amides is 2. The lowest BCUT2D eigenvalue weighted by atomic mass is 9.81. The first-order chi connectivity index (χ1) is 12.1. The van der Waals surface area contributed by atoms with Crippen molar-refractivity contribution in [3.63, 3.8) is 0 Å². The van der Waals surface area contributed by atoms with Gasteiger partial charge in [-0.05, 0) is 56.3 Å². The number of hydrogen-bond donors (Lipinski definition) is 2. The number of aromatic nitrogens is 1. The van der Waals surface area contributed by atoms with Crippen molar-refractivity contribution in [1.29, 1.82) is 0 Å². The molecule has 0 saturated carbocycles. The summed E-state index contributed by atoms with van der Waals surface area (Å²) in [4.78, 5) is 30.9. The lowest BCUT2D eigenvalue weighted by Crippen LogP contribution is -2.48. The zero-order valence-electron chi connectivity index (χ0n) is 15.0. The van der Waals surface area contributed by atoms with E-state index < -0.39 is 0 Å². The van der Waals surface area contributed by atoms with Crippen molar-refractivity contribution in [2.24, 2.45) is 11.3 Å². The van der Waals surface area contributed by atoms with Crippen LogP contribution in [0.5, 0.6) is 0 Å². The minimum Gasteiger partial charge on any atom is -0.355 e. The Kier molecular flexibility index (Phi) is 5.68. The van der Waals surface area contributed by atoms with Crippen molar-refractivity contribution >= 4 is 11.8 Å². The van der Waals surface area contributed by atoms with Gasteiger partial charge in [-0.15, -0.1) is 0 Å². The van der Waals surface area contributed by atoms with Gasteiger partial charge in [-0.2, -0.15) is 0 Å². The molecule has 2 fully saturated rings. The normalized spacial score (nSPS) is 23.1. The van der Waals surface area contributed by atoms with Gasteiger partial charge >= 0.3 is 0 Å². The second-order valence-electron chi connectivity index (χ2n) is 7.60. The Morgan fingerprint density at radius 3 is 2.76 bits per heavy atom. The maximum atomic E-state index is 12.6. The van der Waals surface area contributed by atoms with Crippen LogP contribution in [0, 0.1) is 11.3 Å². The molecule has 1 aromatic heterocycles. The molecule has 0 radical (unpaired) electrons. The highest BCUT2D eigenvalue weighted by molar-refractivity contribution is 5.94. The molecule has 0 spiro atoms. The highest BCUT2D eigenvalue weighted by atomic mass is 16.2. The van der Waals surface area contributed by atoms with Crippen LogP contribution in [-0.4, -0.2) is 54.4 Å². The molecule has 0 aromatic carbocycles. The van der Waals surface area contributed by atoms with Gasteiger partial charge < -0.3 is 15.5 Å². The Morgan fingerprint density at radius 2 is 2.04 bits per heavy atom. The number of nitrogens with zero attached hydrogens (tertiary/aromatic N) is 2. The summed E-state index contributed by atoms with van der Waals surface area (Å²) < 4.78 is 0. The zero-order valence-corrected chi connectivity index (χ0v) is 15.0. The van der Waals surface area contributed by atoms with E-state index in [2.05, 4.69) is 22.5 Å². The summed E-state index contributed by atoms with van der Waals surface area (Å²) in [6.45, 7) is 6.23. The topological polar surface area (TPSA) is 74.3 Å². The first-order valence-electron chi connectivity index (χ1n) is 9.25. The molecular formula is C19H28N4O2. The molecule has 1 unspecified atom stereocenters. The van der Waals surface area contributed by atoms with Gasteiger partial charge in [-0.1, -0.05) is 6.92 Å². The average Bonchev–Trinajstić information content (AvgIpc) is 2.67. The van der Waals surface area contributed by atoms with Gasteiger partial charge in [-0.3, -0.25) is 14.6 Å². The fraction of sp³-hybridized carbons (Fsp3) is 0.632. The van der Waals surface area contributed by atoms with Crippen LogP contribution in [0.15, 0.2) is 24.5 Å². The van der Waals surface area contributed by atoms with E-state index in [1.54, 1.807) is 29.4 Å². The molecule has 136 valence electrons. The van der Waals surface area contributed by atoms with Crippen LogP contribution >= 0.6 is 0 Å². The fourth-order valence-electron chi connectivity index (χ4n) is 3.70. The van der Waals surface area contributed by atoms with Gasteiger partial charge in [0, 0.05) is 37.6 Å². The molecule has 2 amide bonds. The van der Waals surface area contributed by atoms with E-state index in [0.29, 0.717) is 18.7 Å². The number of piperidine rings is 2. The van der Waals surface area contributed by atoms with Crippen molar-refractivity contribution in [1.82, 2.24) is 20.5 Å². The Balaban J connectivity index is 1.54. The smallest absolute Gasteiger partial charge is 0.253 e. The van der Waals surface area contributed by atoms with E-state index in [4.69, 9.17) is 0 Å². The maximum absolute atomic E-state index is 12.6. The minimum atomic E-state index is -0.107. The number of carbonyl (C=O) groups is 2. The van der Waals surface area contributed by atoms with E-state index in [0.717, 1.165) is 45.3 Å². The van der Waals surface area contributed by atoms with Crippen molar-refractivity contribution in [3.05, 3.63) is 30.1 Å². The summed E-state index contributed by atoms with van der Waals surface area (Å²) in [6.07, 6.45) is 7.15. The van der Waals surface area contributed by atoms with Crippen molar-refractivity contribution < 1.29 is 9.59 Å². The summed E-state index contributed by atoms with van der Waals surface area (Å²) in [5.41, 5.74) is 0.820. The SMILES string of the molecule is CC1(CNC(=O)C2CCCN(C(=O)c3ccncc3)C2)CCNCC1. The minimum absolute atomic E-state index is 0.00906. The highest BCUT2D eigenvalue weighted by Crippen LogP contribution is 2.27. The predicted octanol–water partition coefficient (Wildman–Crippen LogP) is 1.44. The Morgan fingerprint density at radius 1 is 1.32 bits per heavy atom. The van der Waals surface area contributed by atoms with Crippen molar-refractivity contribution in [3.8, 4) is 0 Å². The van der Waals surface area contributed by atoms with Gasteiger partial charge in [0.2, 0.25) is 5.91 Å². The molecule has 6 nitrogen and oxygen atoms in total. The summed E-state index contributed by atoms with van der Waals surface area (Å²) in [5.74, 6) is -0.0259. The van der Waals surface area contributed by atoms with Crippen molar-refractivity contribution in [2.75, 3.05) is 32.7 Å². The lowest BCUT2D eigenvalue weighted by molar-refractivity contribution is -0.126. The number of hydrogen-bond acceptors (Lipinski definition) is 4. The number of likely N-dealkylation sites (tertiary alicyclic amines) is 1. The molecule has 0 aliphatic carbocycles. The molecule has 1 atom stereocenters. The molecule has 6 heteroatoms. The van der Waals surface area contributed by atoms with Gasteiger partial charge in [-0.25, -0.2) is 0 Å². The third-order valence-electron chi connectivity index (χ3n) is 5.51. The van der Waals surface area contributed by atoms with Crippen LogP contribution < -0.4 is 10.6 Å². The van der Waals surface area contributed by atoms with Crippen molar-refractivity contribution in [2.45, 2.75) is 32.6 Å². The third kappa shape index (κ3) is 4.57. The number of rotatable bonds is 4. The second kappa shape index (κ2) is 7.95. The highest BCUT2D eigenvalue weighted by Gasteiger charge is 2.31. The first kappa shape index (κ1) is 17.9. The zero-order chi connectivity index (χ0) is 17.7. The largest absolute Gasteiger partial charge is 0.355 e. The summed E-state index contributed by atoms with van der Waals surface area (Å²) in [6, 6.07) is 3.45. The van der Waals surface area contributed by atoms with Crippen LogP contribution in [0.4, 0.5) is 0 Å². The monoisotopic (exact) mass is 344 g/mol. The Bertz CT molecular complexity index is 599. The molecule has 3 rings (SSSR count). The standard InChI is InChI=1S/C19H28N4O2/c1-19(6-10-21-11-7-19)14-22-17(24)16-3-2-12-23(13-16)18(25)15-4-8-20-9-5-15/h4-5,8-9,16,21H,2-3,6-7,10-14H2,1H3,(H,22,24). The third-order valence-corrected chi connectivity index (χ3v) is 5.51. The molecule has 25 heavy (non-hydrogen) atoms. The summed E-state index contributed by atoms with van der Waals surface area (Å²) >= 11 is 0. The van der Waals surface area contributed by atoms with E-state index in [-0.39, 0.29) is 23.1 Å². The molecule has 3 heterocycles. The predicted molar refractivity (Wildman–Crippen MR) is 96.1 cm³/mol. The van der Waals surface area contributed by atoms with E-state index in [1.807, 2.05) is 0 Å². The molecule has 2 aliphatic heterocycles. The van der Waals surface area contributed by atoms with Gasteiger partial charge in [0.15, 0.2) is 0 Å². The van der Waals surface area contributed by atoms with Crippen LogP contribution in [0.25, 0.3) is 0 Å². The molecule has 2 aliphatic rings. The molecule has 2 N–H and O–H groups in total. The van der Waals surface area contributed by atoms with E-state index in [9.17, 15) is 9.59 Å². The Labute approximate surface area is 149 Å². The number of nitrogens with one attached hydrogen (secondary N) is 2. The molecule has 1 aromatic rings. The second-order valence-corrected chi connectivity index (χ2v) is 7.60. The summed E-state index contributed by atoms with van der Waals surface area (Å²) in [7, 11) is 0. The van der Waals surface area contributed by atoms with Crippen LogP contribution in [0.3, 0.4) is 0 Å². The first-order valence-corrected chi connectivity index (χ1v) is 9.25. The molecular weight excluding hydrogens is 316 g/mol. The number of carbonyl (C=O) groups excluding carboxylic acids is 2. The van der Waals surface area contributed by atoms with Crippen LogP contribution in [0.2, 0.25) is 0 Å². The molecule has 2 saturated heterocycles. The van der Waals surface area contributed by atoms with E-state index >= 15 is 0 Å². The van der Waals surface area contributed by atoms with Crippen LogP contribution in [-0.2, 0) is 4.79 Å². The average molecular weight is 344 g/mol. The van der Waals surface area contributed by atoms with Gasteiger partial charge in [0.1, 0.15) is 0 Å². The Hall–Kier alpha value is -1.95. The maximum Gasteiger partial charge on any atom is 0.253 e. The van der Waals surface area contributed by atoms with Gasteiger partial charge in [0.25, 0.3) is 5.91 Å². The fourth-order valence-corrected chi connectivity index (χ4v) is 3.70. The van der Waals surface area contributed by atoms with Crippen LogP contribution in [0.1, 0.15) is 43.0 Å². The molecule has 0 bridgehead atoms. The van der Waals surface area contributed by atoms with Gasteiger partial charge in [0.05, 0.1) is 5.92 Å². The number of pyridine rings is 1. The summed E-state index contributed by atoms with van der Waals surface area (Å²) in [5, 5.41) is 6.51. The lowest BCUT2D eigenvalue weighted by Gasteiger charge is -2.36. The van der Waals surface area contributed by atoms with E-state index in [1.165, 1.54) is 0 Å².